The Kier molecular flexibility index (Phi) is 6.88. The van der Waals surface area contributed by atoms with Crippen molar-refractivity contribution < 1.29 is 19.2 Å². The maximum Gasteiger partial charge on any atom is 0.270 e. The van der Waals surface area contributed by atoms with E-state index in [9.17, 15) is 14.9 Å². The van der Waals surface area contributed by atoms with Gasteiger partial charge in [-0.1, -0.05) is 23.9 Å². The van der Waals surface area contributed by atoms with E-state index < -0.39 is 4.92 Å². The molecule has 172 valence electrons. The van der Waals surface area contributed by atoms with Crippen LogP contribution in [0.1, 0.15) is 10.4 Å². The molecule has 0 aliphatic carbocycles. The molecular weight excluding hydrogens is 456 g/mol. The summed E-state index contributed by atoms with van der Waals surface area (Å²) in [5.74, 6) is 1.81. The van der Waals surface area contributed by atoms with Gasteiger partial charge in [0.05, 0.1) is 24.9 Å². The van der Waals surface area contributed by atoms with Crippen molar-refractivity contribution in [2.75, 3.05) is 20.0 Å². The predicted octanol–water partition coefficient (Wildman–Crippen LogP) is 4.83. The number of ketones is 1. The number of rotatable bonds is 9. The molecule has 0 bridgehead atoms. The minimum absolute atomic E-state index is 0.0398. The van der Waals surface area contributed by atoms with Gasteiger partial charge in [-0.15, -0.1) is 10.2 Å². The van der Waals surface area contributed by atoms with Gasteiger partial charge in [0.25, 0.3) is 5.69 Å². The fourth-order valence-corrected chi connectivity index (χ4v) is 4.11. The number of ether oxygens (including phenoxy) is 2. The molecule has 0 saturated heterocycles. The van der Waals surface area contributed by atoms with E-state index >= 15 is 0 Å². The van der Waals surface area contributed by atoms with Crippen LogP contribution in [-0.4, -0.2) is 45.4 Å². The molecule has 0 saturated carbocycles. The van der Waals surface area contributed by atoms with Gasteiger partial charge in [-0.25, -0.2) is 0 Å². The zero-order valence-corrected chi connectivity index (χ0v) is 19.2. The third-order valence-electron chi connectivity index (χ3n) is 5.02. The minimum atomic E-state index is -0.522. The molecule has 0 amide bonds. The average Bonchev–Trinajstić information content (AvgIpc) is 3.31. The number of nitrogens with zero attached hydrogens (tertiary/aromatic N) is 4. The van der Waals surface area contributed by atoms with Crippen LogP contribution in [0.5, 0.6) is 11.5 Å². The molecule has 0 radical (unpaired) electrons. The molecule has 1 heterocycles. The number of Topliss-reactive ketones (excluding diaryl/α,β-unsaturated/α-hetero) is 1. The lowest BCUT2D eigenvalue weighted by Gasteiger charge is -2.11. The second-order valence-electron chi connectivity index (χ2n) is 7.09. The summed E-state index contributed by atoms with van der Waals surface area (Å²) in [4.78, 5) is 23.2. The number of non-ortho nitro benzene ring substituents is 1. The number of hydrogen-bond donors (Lipinski definition) is 0. The largest absolute Gasteiger partial charge is 0.497 e. The number of carbonyl (C=O) groups excluding carboxylic acids is 1. The molecule has 34 heavy (non-hydrogen) atoms. The summed E-state index contributed by atoms with van der Waals surface area (Å²) in [6, 6.07) is 20.5. The van der Waals surface area contributed by atoms with Crippen LogP contribution in [-0.2, 0) is 0 Å². The Morgan fingerprint density at radius 1 is 0.971 bits per heavy atom. The lowest BCUT2D eigenvalue weighted by Crippen LogP contribution is -2.05. The molecule has 3 aromatic carbocycles. The van der Waals surface area contributed by atoms with Gasteiger partial charge < -0.3 is 9.47 Å². The van der Waals surface area contributed by atoms with Crippen molar-refractivity contribution in [3.8, 4) is 28.6 Å². The van der Waals surface area contributed by atoms with E-state index in [0.717, 1.165) is 17.0 Å². The van der Waals surface area contributed by atoms with Crippen LogP contribution in [0.3, 0.4) is 0 Å². The van der Waals surface area contributed by atoms with Gasteiger partial charge in [0.15, 0.2) is 16.8 Å². The topological polar surface area (TPSA) is 109 Å². The fourth-order valence-electron chi connectivity index (χ4n) is 3.26. The van der Waals surface area contributed by atoms with Gasteiger partial charge in [0, 0.05) is 28.9 Å². The predicted molar refractivity (Wildman–Crippen MR) is 128 cm³/mol. The van der Waals surface area contributed by atoms with E-state index in [1.807, 2.05) is 53.1 Å². The van der Waals surface area contributed by atoms with Crippen molar-refractivity contribution in [3.05, 3.63) is 88.5 Å². The first kappa shape index (κ1) is 23.0. The van der Waals surface area contributed by atoms with Crippen molar-refractivity contribution >= 4 is 23.2 Å². The number of carbonyl (C=O) groups is 1. The zero-order chi connectivity index (χ0) is 24.1. The number of methoxy groups -OCH3 is 2. The summed E-state index contributed by atoms with van der Waals surface area (Å²) in [5.41, 5.74) is 1.76. The highest BCUT2D eigenvalue weighted by Crippen LogP contribution is 2.30. The molecule has 0 N–H and O–H groups in total. The average molecular weight is 477 g/mol. The second-order valence-corrected chi connectivity index (χ2v) is 8.03. The summed E-state index contributed by atoms with van der Waals surface area (Å²) >= 11 is 1.21. The summed E-state index contributed by atoms with van der Waals surface area (Å²) in [7, 11) is 3.19. The first-order chi connectivity index (χ1) is 16.5. The van der Waals surface area contributed by atoms with E-state index in [1.54, 1.807) is 20.3 Å². The van der Waals surface area contributed by atoms with Gasteiger partial charge >= 0.3 is 0 Å². The standard InChI is InChI=1S/C24H20N4O5S/c1-32-20-10-6-16(7-11-20)23-25-26-24(27(23)18-8-12-21(33-2)13-9-18)34-15-22(29)17-4-3-5-19(14-17)28(30)31/h3-14H,15H2,1-2H3. The monoisotopic (exact) mass is 476 g/mol. The van der Waals surface area contributed by atoms with Crippen molar-refractivity contribution in [1.82, 2.24) is 14.8 Å². The van der Waals surface area contributed by atoms with Crippen molar-refractivity contribution in [1.29, 1.82) is 0 Å². The molecule has 0 aliphatic heterocycles. The van der Waals surface area contributed by atoms with Gasteiger partial charge in [-0.05, 0) is 48.5 Å². The fraction of sp³-hybridized carbons (Fsp3) is 0.125. The smallest absolute Gasteiger partial charge is 0.270 e. The van der Waals surface area contributed by atoms with Gasteiger partial charge in [-0.3, -0.25) is 19.5 Å². The van der Waals surface area contributed by atoms with Crippen LogP contribution in [0, 0.1) is 10.1 Å². The molecule has 0 fully saturated rings. The molecule has 9 nitrogen and oxygen atoms in total. The zero-order valence-electron chi connectivity index (χ0n) is 18.4. The normalized spacial score (nSPS) is 10.6. The van der Waals surface area contributed by atoms with Gasteiger partial charge in [0.2, 0.25) is 0 Å². The SMILES string of the molecule is COc1ccc(-c2nnc(SCC(=O)c3cccc([N+](=O)[O-])c3)n2-c2ccc(OC)cc2)cc1. The van der Waals surface area contributed by atoms with E-state index in [0.29, 0.717) is 16.7 Å². The van der Waals surface area contributed by atoms with Crippen LogP contribution in [0.2, 0.25) is 0 Å². The van der Waals surface area contributed by atoms with Crippen LogP contribution in [0.4, 0.5) is 5.69 Å². The Labute approximate surface area is 199 Å². The van der Waals surface area contributed by atoms with E-state index in [-0.39, 0.29) is 22.8 Å². The molecule has 0 aliphatic rings. The Balaban J connectivity index is 1.66. The highest BCUT2D eigenvalue weighted by Gasteiger charge is 2.19. The highest BCUT2D eigenvalue weighted by molar-refractivity contribution is 7.99. The van der Waals surface area contributed by atoms with Crippen LogP contribution in [0.25, 0.3) is 17.1 Å². The van der Waals surface area contributed by atoms with Gasteiger partial charge in [0.1, 0.15) is 11.5 Å². The Morgan fingerprint density at radius 2 is 1.62 bits per heavy atom. The third-order valence-corrected chi connectivity index (χ3v) is 5.95. The number of nitro groups is 1. The minimum Gasteiger partial charge on any atom is -0.497 e. The first-order valence-corrected chi connectivity index (χ1v) is 11.1. The maximum absolute atomic E-state index is 12.7. The Bertz CT molecular complexity index is 1320. The van der Waals surface area contributed by atoms with E-state index in [2.05, 4.69) is 10.2 Å². The highest BCUT2D eigenvalue weighted by atomic mass is 32.2. The molecule has 4 rings (SSSR count). The third kappa shape index (κ3) is 4.91. The lowest BCUT2D eigenvalue weighted by molar-refractivity contribution is -0.384. The molecular formula is C24H20N4O5S. The summed E-state index contributed by atoms with van der Waals surface area (Å²) in [6.45, 7) is 0. The van der Waals surface area contributed by atoms with Crippen molar-refractivity contribution in [2.24, 2.45) is 0 Å². The summed E-state index contributed by atoms with van der Waals surface area (Å²) in [6.07, 6.45) is 0. The quantitative estimate of drug-likeness (QED) is 0.146. The molecule has 0 atom stereocenters. The number of benzene rings is 3. The molecule has 0 unspecified atom stereocenters. The Morgan fingerprint density at radius 3 is 2.24 bits per heavy atom. The maximum atomic E-state index is 12.7. The molecule has 0 spiro atoms. The molecule has 4 aromatic rings. The Hall–Kier alpha value is -4.18. The first-order valence-electron chi connectivity index (χ1n) is 10.1. The summed E-state index contributed by atoms with van der Waals surface area (Å²) in [5, 5.41) is 20.2. The van der Waals surface area contributed by atoms with Gasteiger partial charge in [-0.2, -0.15) is 0 Å². The van der Waals surface area contributed by atoms with Crippen LogP contribution >= 0.6 is 11.8 Å². The number of nitro benzene ring substituents is 1. The van der Waals surface area contributed by atoms with Crippen molar-refractivity contribution in [2.45, 2.75) is 5.16 Å². The number of aromatic nitrogens is 3. The van der Waals surface area contributed by atoms with Crippen molar-refractivity contribution in [3.63, 3.8) is 0 Å². The second kappa shape index (κ2) is 10.2. The van der Waals surface area contributed by atoms with E-state index in [4.69, 9.17) is 9.47 Å². The number of hydrogen-bond acceptors (Lipinski definition) is 8. The molecule has 10 heteroatoms. The molecule has 1 aromatic heterocycles. The van der Waals surface area contributed by atoms with Crippen LogP contribution < -0.4 is 9.47 Å². The number of thioether (sulfide) groups is 1. The summed E-state index contributed by atoms with van der Waals surface area (Å²) < 4.78 is 12.4. The van der Waals surface area contributed by atoms with Crippen LogP contribution in [0.15, 0.2) is 78.0 Å². The van der Waals surface area contributed by atoms with E-state index in [1.165, 1.54) is 30.0 Å². The lowest BCUT2D eigenvalue weighted by atomic mass is 10.1.